The summed E-state index contributed by atoms with van der Waals surface area (Å²) in [6.45, 7) is 0.561. The van der Waals surface area contributed by atoms with Gasteiger partial charge in [-0.25, -0.2) is 4.39 Å². The number of rotatable bonds is 1. The van der Waals surface area contributed by atoms with Crippen LogP contribution in [0.25, 0.3) is 0 Å². The molecule has 0 aromatic carbocycles. The second-order valence-electron chi connectivity index (χ2n) is 2.57. The Bertz CT molecular complexity index is 335. The predicted molar refractivity (Wildman–Crippen MR) is 45.9 cm³/mol. The molecule has 13 heavy (non-hydrogen) atoms. The lowest BCUT2D eigenvalue weighted by atomic mass is 10.2. The van der Waals surface area contributed by atoms with Crippen molar-refractivity contribution in [2.24, 2.45) is 0 Å². The molecule has 0 saturated heterocycles. The van der Waals surface area contributed by atoms with Gasteiger partial charge in [0.1, 0.15) is 5.69 Å². The van der Waals surface area contributed by atoms with Crippen LogP contribution in [0, 0.1) is 5.82 Å². The van der Waals surface area contributed by atoms with E-state index in [0.29, 0.717) is 6.92 Å². The van der Waals surface area contributed by atoms with E-state index in [-0.39, 0.29) is 10.2 Å². The van der Waals surface area contributed by atoms with Crippen molar-refractivity contribution in [3.8, 4) is 0 Å². The average molecular weight is 255 g/mol. The monoisotopic (exact) mass is 254 g/mol. The highest BCUT2D eigenvalue weighted by molar-refractivity contribution is 9.10. The first-order valence-electron chi connectivity index (χ1n) is 3.32. The number of hydrogen-bond acceptors (Lipinski definition) is 2. The van der Waals surface area contributed by atoms with Crippen LogP contribution in [-0.4, -0.2) is 4.98 Å². The molecule has 1 aromatic heterocycles. The van der Waals surface area contributed by atoms with Crippen LogP contribution in [0.1, 0.15) is 12.6 Å². The lowest BCUT2D eigenvalue weighted by molar-refractivity contribution is 0.00887. The highest BCUT2D eigenvalue weighted by atomic mass is 79.9. The SMILES string of the molecule is CC(F)(F)c1ncc(Br)c(N)c1F. The number of hydrogen-bond donors (Lipinski definition) is 1. The van der Waals surface area contributed by atoms with Crippen molar-refractivity contribution in [2.45, 2.75) is 12.8 Å². The van der Waals surface area contributed by atoms with Crippen LogP contribution in [0.3, 0.4) is 0 Å². The van der Waals surface area contributed by atoms with Gasteiger partial charge >= 0.3 is 0 Å². The summed E-state index contributed by atoms with van der Waals surface area (Å²) in [5.74, 6) is -4.50. The van der Waals surface area contributed by atoms with Gasteiger partial charge in [0.25, 0.3) is 5.92 Å². The Balaban J connectivity index is 3.35. The van der Waals surface area contributed by atoms with Gasteiger partial charge in [0, 0.05) is 13.1 Å². The van der Waals surface area contributed by atoms with E-state index in [1.54, 1.807) is 0 Å². The standard InChI is InChI=1S/C7H6BrF3N2/c1-7(10,11)6-4(9)5(12)3(8)2-13-6/h2H,1H3,(H2,12,13). The van der Waals surface area contributed by atoms with E-state index in [1.165, 1.54) is 0 Å². The molecule has 2 nitrogen and oxygen atoms in total. The second-order valence-corrected chi connectivity index (χ2v) is 3.43. The minimum absolute atomic E-state index is 0.165. The first-order valence-corrected chi connectivity index (χ1v) is 4.11. The van der Waals surface area contributed by atoms with Crippen LogP contribution < -0.4 is 5.73 Å². The topological polar surface area (TPSA) is 38.9 Å². The zero-order valence-electron chi connectivity index (χ0n) is 6.61. The van der Waals surface area contributed by atoms with Gasteiger partial charge < -0.3 is 5.73 Å². The molecule has 0 unspecified atom stereocenters. The lowest BCUT2D eigenvalue weighted by Crippen LogP contribution is -2.14. The maximum Gasteiger partial charge on any atom is 0.289 e. The highest BCUT2D eigenvalue weighted by Crippen LogP contribution is 2.32. The van der Waals surface area contributed by atoms with Gasteiger partial charge in [0.2, 0.25) is 0 Å². The van der Waals surface area contributed by atoms with Crippen LogP contribution in [0.15, 0.2) is 10.7 Å². The number of anilines is 1. The van der Waals surface area contributed by atoms with Crippen LogP contribution in [-0.2, 0) is 5.92 Å². The molecular weight excluding hydrogens is 249 g/mol. The van der Waals surface area contributed by atoms with Crippen molar-refractivity contribution in [1.82, 2.24) is 4.98 Å². The number of halogens is 4. The third-order valence-corrected chi connectivity index (χ3v) is 2.06. The molecule has 0 spiro atoms. The molecule has 6 heteroatoms. The Kier molecular flexibility index (Phi) is 2.51. The zero-order chi connectivity index (χ0) is 10.2. The smallest absolute Gasteiger partial charge is 0.289 e. The van der Waals surface area contributed by atoms with Crippen molar-refractivity contribution in [1.29, 1.82) is 0 Å². The maximum atomic E-state index is 13.1. The summed E-state index contributed by atoms with van der Waals surface area (Å²) in [6, 6.07) is 0. The highest BCUT2D eigenvalue weighted by Gasteiger charge is 2.31. The molecule has 0 saturated carbocycles. The Morgan fingerprint density at radius 3 is 2.54 bits per heavy atom. The molecular formula is C7H6BrF3N2. The van der Waals surface area contributed by atoms with Crippen LogP contribution >= 0.6 is 15.9 Å². The normalized spacial score (nSPS) is 11.8. The van der Waals surface area contributed by atoms with Crippen LogP contribution in [0.2, 0.25) is 0 Å². The predicted octanol–water partition coefficient (Wildman–Crippen LogP) is 2.68. The zero-order valence-corrected chi connectivity index (χ0v) is 8.20. The molecule has 1 heterocycles. The first-order chi connectivity index (χ1) is 5.84. The Morgan fingerprint density at radius 1 is 1.54 bits per heavy atom. The summed E-state index contributed by atoms with van der Waals surface area (Å²) < 4.78 is 38.5. The van der Waals surface area contributed by atoms with Gasteiger partial charge in [0.05, 0.1) is 10.2 Å². The summed E-state index contributed by atoms with van der Waals surface area (Å²) in [5, 5.41) is 0. The van der Waals surface area contributed by atoms with Crippen molar-refractivity contribution in [2.75, 3.05) is 5.73 Å². The number of nitrogen functional groups attached to an aromatic ring is 1. The summed E-state index contributed by atoms with van der Waals surface area (Å²) in [4.78, 5) is 3.26. The molecule has 0 aliphatic rings. The average Bonchev–Trinajstić information content (AvgIpc) is 1.98. The molecule has 0 aliphatic heterocycles. The molecule has 0 aliphatic carbocycles. The van der Waals surface area contributed by atoms with Gasteiger partial charge in [-0.3, -0.25) is 4.98 Å². The Labute approximate surface area is 81.1 Å². The largest absolute Gasteiger partial charge is 0.395 e. The number of pyridine rings is 1. The maximum absolute atomic E-state index is 13.1. The number of nitrogens with two attached hydrogens (primary N) is 1. The quantitative estimate of drug-likeness (QED) is 0.837. The van der Waals surface area contributed by atoms with Crippen molar-refractivity contribution in [3.63, 3.8) is 0 Å². The van der Waals surface area contributed by atoms with Gasteiger partial charge in [-0.15, -0.1) is 0 Å². The molecule has 0 radical (unpaired) electrons. The van der Waals surface area contributed by atoms with Gasteiger partial charge in [-0.1, -0.05) is 0 Å². The van der Waals surface area contributed by atoms with E-state index in [0.717, 1.165) is 6.20 Å². The summed E-state index contributed by atoms with van der Waals surface area (Å²) in [6.07, 6.45) is 1.05. The van der Waals surface area contributed by atoms with Crippen molar-refractivity contribution in [3.05, 3.63) is 22.2 Å². The fourth-order valence-corrected chi connectivity index (χ4v) is 1.06. The minimum atomic E-state index is -3.32. The van der Waals surface area contributed by atoms with E-state index >= 15 is 0 Å². The second kappa shape index (κ2) is 3.17. The molecule has 2 N–H and O–H groups in total. The molecule has 0 bridgehead atoms. The third-order valence-electron chi connectivity index (χ3n) is 1.42. The van der Waals surface area contributed by atoms with E-state index in [4.69, 9.17) is 5.73 Å². The van der Waals surface area contributed by atoms with Gasteiger partial charge in [-0.05, 0) is 15.9 Å². The van der Waals surface area contributed by atoms with E-state index in [2.05, 4.69) is 20.9 Å². The summed E-state index contributed by atoms with van der Waals surface area (Å²) >= 11 is 2.87. The molecule has 0 fully saturated rings. The molecule has 0 amide bonds. The van der Waals surface area contributed by atoms with E-state index < -0.39 is 17.4 Å². The Hall–Kier alpha value is -0.780. The van der Waals surface area contributed by atoms with Crippen LogP contribution in [0.4, 0.5) is 18.9 Å². The molecule has 1 aromatic rings. The third kappa shape index (κ3) is 1.93. The van der Waals surface area contributed by atoms with Crippen molar-refractivity contribution >= 4 is 21.6 Å². The first kappa shape index (κ1) is 10.3. The fourth-order valence-electron chi connectivity index (χ4n) is 0.786. The lowest BCUT2D eigenvalue weighted by Gasteiger charge is -2.11. The molecule has 72 valence electrons. The summed E-state index contributed by atoms with van der Waals surface area (Å²) in [5.41, 5.74) is 3.89. The minimum Gasteiger partial charge on any atom is -0.395 e. The molecule has 1 rings (SSSR count). The number of aromatic nitrogens is 1. The Morgan fingerprint density at radius 2 is 2.08 bits per heavy atom. The van der Waals surface area contributed by atoms with Gasteiger partial charge in [-0.2, -0.15) is 8.78 Å². The summed E-state index contributed by atoms with van der Waals surface area (Å²) in [7, 11) is 0. The number of alkyl halides is 2. The van der Waals surface area contributed by atoms with Crippen molar-refractivity contribution < 1.29 is 13.2 Å². The molecule has 0 atom stereocenters. The number of nitrogens with zero attached hydrogens (tertiary/aromatic N) is 1. The fraction of sp³-hybridized carbons (Fsp3) is 0.286. The van der Waals surface area contributed by atoms with E-state index in [9.17, 15) is 13.2 Å². The van der Waals surface area contributed by atoms with Gasteiger partial charge in [0.15, 0.2) is 5.82 Å². The van der Waals surface area contributed by atoms with Crippen LogP contribution in [0.5, 0.6) is 0 Å². The van der Waals surface area contributed by atoms with E-state index in [1.807, 2.05) is 0 Å².